The lowest BCUT2D eigenvalue weighted by atomic mass is 10.1. The first-order valence-electron chi connectivity index (χ1n) is 16.0. The molecule has 0 unspecified atom stereocenters. The van der Waals surface area contributed by atoms with Gasteiger partial charge in [-0.25, -0.2) is 0 Å². The highest BCUT2D eigenvalue weighted by molar-refractivity contribution is 7.25. The maximum atomic E-state index is 2.53. The van der Waals surface area contributed by atoms with Crippen molar-refractivity contribution < 1.29 is 0 Å². The van der Waals surface area contributed by atoms with Crippen molar-refractivity contribution >= 4 is 78.3 Å². The number of thiophene rings is 1. The summed E-state index contributed by atoms with van der Waals surface area (Å²) in [6, 6.07) is 68.3. The Hall–Kier alpha value is -5.48. The predicted octanol–water partition coefficient (Wildman–Crippen LogP) is 10.2. The minimum absolute atomic E-state index is 1.14. The Kier molecular flexibility index (Phi) is 7.84. The van der Waals surface area contributed by atoms with Crippen molar-refractivity contribution in [1.82, 2.24) is 0 Å². The summed E-state index contributed by atoms with van der Waals surface area (Å²) in [7, 11) is -2.50. The monoisotopic (exact) mass is 635 g/mol. The Balaban J connectivity index is 1.27. The lowest BCUT2D eigenvalue weighted by Crippen LogP contribution is -2.66. The molecule has 0 saturated carbocycles. The van der Waals surface area contributed by atoms with Crippen molar-refractivity contribution in [2.24, 2.45) is 0 Å². The van der Waals surface area contributed by atoms with E-state index in [1.807, 2.05) is 11.3 Å². The van der Waals surface area contributed by atoms with Gasteiger partial charge in [0, 0.05) is 37.2 Å². The average molecular weight is 636 g/mol. The average Bonchev–Trinajstić information content (AvgIpc) is 3.52. The molecule has 0 N–H and O–H groups in total. The van der Waals surface area contributed by atoms with E-state index in [1.54, 1.807) is 0 Å². The molecule has 3 heteroatoms. The second kappa shape index (κ2) is 12.7. The summed E-state index contributed by atoms with van der Waals surface area (Å²) in [6.07, 6.45) is 2.37. The zero-order valence-corrected chi connectivity index (χ0v) is 27.7. The number of fused-ring (bicyclic) bond motifs is 3. The topological polar surface area (TPSA) is 3.24 Å². The van der Waals surface area contributed by atoms with Gasteiger partial charge in [-0.2, -0.15) is 0 Å². The molecule has 1 nitrogen and oxygen atoms in total. The maximum Gasteiger partial charge on any atom is 0.172 e. The maximum absolute atomic E-state index is 2.53. The molecule has 1 heterocycles. The lowest BCUT2D eigenvalue weighted by Gasteiger charge is -2.30. The first-order chi connectivity index (χ1) is 23.3. The van der Waals surface area contributed by atoms with Crippen molar-refractivity contribution in [3.63, 3.8) is 0 Å². The van der Waals surface area contributed by atoms with Crippen molar-refractivity contribution in [2.75, 3.05) is 4.90 Å². The van der Waals surface area contributed by atoms with Gasteiger partial charge in [0.15, 0.2) is 8.07 Å². The molecule has 0 atom stereocenters. The van der Waals surface area contributed by atoms with E-state index in [0.29, 0.717) is 0 Å². The van der Waals surface area contributed by atoms with E-state index in [-0.39, 0.29) is 0 Å². The molecule has 0 bridgehead atoms. The van der Waals surface area contributed by atoms with E-state index in [9.17, 15) is 0 Å². The smallest absolute Gasteiger partial charge is 0.172 e. The Morgan fingerprint density at radius 1 is 0.404 bits per heavy atom. The quantitative estimate of drug-likeness (QED) is 0.119. The third-order valence-electron chi connectivity index (χ3n) is 8.98. The van der Waals surface area contributed by atoms with E-state index in [2.05, 4.69) is 205 Å². The van der Waals surface area contributed by atoms with Crippen LogP contribution in [0.2, 0.25) is 0 Å². The van der Waals surface area contributed by atoms with Crippen LogP contribution in [0.25, 0.3) is 26.2 Å². The van der Waals surface area contributed by atoms with E-state index in [0.717, 1.165) is 17.1 Å². The Labute approximate surface area is 281 Å². The largest absolute Gasteiger partial charge is 0.310 e. The summed E-state index contributed by atoms with van der Waals surface area (Å²) in [6.45, 7) is 0. The number of hydrogen-bond donors (Lipinski definition) is 0. The summed E-state index contributed by atoms with van der Waals surface area (Å²) >= 11 is 1.86. The Morgan fingerprint density at radius 3 is 1.32 bits per heavy atom. The van der Waals surface area contributed by atoms with Gasteiger partial charge in [0.2, 0.25) is 0 Å². The first kappa shape index (κ1) is 29.0. The third kappa shape index (κ3) is 5.50. The minimum atomic E-state index is -2.50. The van der Waals surface area contributed by atoms with Crippen molar-refractivity contribution in [1.29, 1.82) is 0 Å². The van der Waals surface area contributed by atoms with Crippen LogP contribution in [0.4, 0.5) is 17.1 Å². The normalized spacial score (nSPS) is 11.7. The molecule has 0 amide bonds. The van der Waals surface area contributed by atoms with Gasteiger partial charge in [-0.1, -0.05) is 145 Å². The van der Waals surface area contributed by atoms with Crippen LogP contribution in [0.1, 0.15) is 5.56 Å². The van der Waals surface area contributed by atoms with Crippen molar-refractivity contribution in [3.05, 3.63) is 199 Å². The van der Waals surface area contributed by atoms with Crippen LogP contribution >= 0.6 is 11.3 Å². The van der Waals surface area contributed by atoms with Crippen LogP contribution in [0, 0.1) is 0 Å². The van der Waals surface area contributed by atoms with Gasteiger partial charge in [-0.3, -0.25) is 0 Å². The first-order valence-corrected chi connectivity index (χ1v) is 18.9. The Morgan fingerprint density at radius 2 is 0.830 bits per heavy atom. The van der Waals surface area contributed by atoms with E-state index < -0.39 is 8.07 Å². The van der Waals surface area contributed by atoms with Crippen LogP contribution in [0.5, 0.6) is 0 Å². The zero-order valence-electron chi connectivity index (χ0n) is 25.9. The molecule has 0 aliphatic rings. The molecule has 0 saturated heterocycles. The summed E-state index contributed by atoms with van der Waals surface area (Å²) in [5.74, 6) is 0. The number of hydrogen-bond acceptors (Lipinski definition) is 2. The number of nitrogens with zero attached hydrogens (tertiary/aromatic N) is 1. The summed E-state index contributed by atoms with van der Waals surface area (Å²) < 4.78 is 2.60. The molecular formula is C44H33NSSi. The van der Waals surface area contributed by atoms with Gasteiger partial charge >= 0.3 is 0 Å². The molecule has 0 aliphatic heterocycles. The lowest BCUT2D eigenvalue weighted by molar-refractivity contribution is 1.29. The van der Waals surface area contributed by atoms with Gasteiger partial charge in [0.25, 0.3) is 0 Å². The fraction of sp³-hybridized carbons (Fsp3) is 0. The highest BCUT2D eigenvalue weighted by Crippen LogP contribution is 2.40. The summed E-state index contributed by atoms with van der Waals surface area (Å²) in [5, 5.41) is 6.71. The van der Waals surface area contributed by atoms with Crippen LogP contribution in [-0.2, 0) is 0 Å². The molecule has 0 fully saturated rings. The molecule has 0 aliphatic carbocycles. The van der Waals surface area contributed by atoms with E-state index >= 15 is 0 Å². The van der Waals surface area contributed by atoms with E-state index in [4.69, 9.17) is 0 Å². The molecule has 0 radical (unpaired) electrons. The second-order valence-electron chi connectivity index (χ2n) is 11.8. The summed E-state index contributed by atoms with van der Waals surface area (Å²) in [5.41, 5.74) is 7.18. The van der Waals surface area contributed by atoms with Gasteiger partial charge in [-0.05, 0) is 75.7 Å². The SMILES string of the molecule is C(=C[Si](c1ccccc1)(c1ccccc1)c1ccccc1)c1ccc2sc3ccc(N(c4ccccc4)c4ccccc4)cc3c2c1. The standard InChI is InChI=1S/C44H33NSSi/c1-6-16-35(17-7-1)45(36-18-8-2-9-19-36)37-27-29-44-42(33-37)41-32-34(26-28-43(41)46-44)30-31-47(38-20-10-3-11-21-38,39-22-12-4-13-23-39)40-24-14-5-15-25-40/h1-33H. The summed E-state index contributed by atoms with van der Waals surface area (Å²) in [4.78, 5) is 2.34. The van der Waals surface area contributed by atoms with Gasteiger partial charge in [0.1, 0.15) is 0 Å². The highest BCUT2D eigenvalue weighted by atomic mass is 32.1. The van der Waals surface area contributed by atoms with Crippen LogP contribution < -0.4 is 20.5 Å². The van der Waals surface area contributed by atoms with Crippen LogP contribution in [0.3, 0.4) is 0 Å². The molecule has 1 aromatic heterocycles. The third-order valence-corrected chi connectivity index (χ3v) is 14.5. The second-order valence-corrected chi connectivity index (χ2v) is 16.5. The minimum Gasteiger partial charge on any atom is -0.310 e. The fourth-order valence-electron chi connectivity index (χ4n) is 6.74. The van der Waals surface area contributed by atoms with Gasteiger partial charge in [0.05, 0.1) is 0 Å². The highest BCUT2D eigenvalue weighted by Gasteiger charge is 2.36. The number of anilines is 3. The van der Waals surface area contributed by atoms with Gasteiger partial charge in [-0.15, -0.1) is 11.3 Å². The number of benzene rings is 7. The van der Waals surface area contributed by atoms with Crippen molar-refractivity contribution in [3.8, 4) is 0 Å². The molecular weight excluding hydrogens is 603 g/mol. The molecule has 47 heavy (non-hydrogen) atoms. The van der Waals surface area contributed by atoms with Crippen molar-refractivity contribution in [2.45, 2.75) is 0 Å². The van der Waals surface area contributed by atoms with Crippen LogP contribution in [-0.4, -0.2) is 8.07 Å². The fourth-order valence-corrected chi connectivity index (χ4v) is 12.0. The molecule has 7 aromatic carbocycles. The van der Waals surface area contributed by atoms with E-state index in [1.165, 1.54) is 41.3 Å². The molecule has 224 valence electrons. The van der Waals surface area contributed by atoms with Crippen LogP contribution in [0.15, 0.2) is 194 Å². The predicted molar refractivity (Wildman–Crippen MR) is 207 cm³/mol. The molecule has 8 rings (SSSR count). The zero-order chi connectivity index (χ0) is 31.5. The molecule has 8 aromatic rings. The number of para-hydroxylation sites is 2. The van der Waals surface area contributed by atoms with Gasteiger partial charge < -0.3 is 4.90 Å². The number of rotatable bonds is 8. The Bertz CT molecular complexity index is 2140. The molecule has 0 spiro atoms.